The maximum atomic E-state index is 12.1. The highest BCUT2D eigenvalue weighted by atomic mass is 16.5. The molecule has 2 aliphatic rings. The Balaban J connectivity index is 2.08. The van der Waals surface area contributed by atoms with Crippen molar-refractivity contribution in [1.82, 2.24) is 0 Å². The van der Waals surface area contributed by atoms with Gasteiger partial charge in [-0.3, -0.25) is 4.79 Å². The second-order valence-electron chi connectivity index (χ2n) is 4.28. The Hall–Kier alpha value is -1.35. The van der Waals surface area contributed by atoms with Crippen molar-refractivity contribution < 1.29 is 9.53 Å². The minimum Gasteiger partial charge on any atom is -0.350 e. The summed E-state index contributed by atoms with van der Waals surface area (Å²) in [6.45, 7) is 2.69. The predicted octanol–water partition coefficient (Wildman–Crippen LogP) is 2.11. The third-order valence-electron chi connectivity index (χ3n) is 3.14. The lowest BCUT2D eigenvalue weighted by molar-refractivity contribution is 0.0296. The highest BCUT2D eigenvalue weighted by Crippen LogP contribution is 2.39. The van der Waals surface area contributed by atoms with Gasteiger partial charge in [0.1, 0.15) is 0 Å². The smallest absolute Gasteiger partial charge is 0.217 e. The number of nitrogens with one attached hydrogen (secondary N) is 1. The SMILES string of the molecule is Cc1ccc2c(c1)NC1(CCCO1)C2=O. The van der Waals surface area contributed by atoms with Crippen LogP contribution in [0.3, 0.4) is 0 Å². The van der Waals surface area contributed by atoms with Crippen molar-refractivity contribution in [2.45, 2.75) is 25.5 Å². The van der Waals surface area contributed by atoms with Crippen LogP contribution in [0.1, 0.15) is 28.8 Å². The minimum atomic E-state index is -0.740. The van der Waals surface area contributed by atoms with Crippen molar-refractivity contribution in [3.63, 3.8) is 0 Å². The largest absolute Gasteiger partial charge is 0.350 e. The molecule has 0 aliphatic carbocycles. The molecule has 1 aromatic carbocycles. The molecule has 0 bridgehead atoms. The number of benzene rings is 1. The minimum absolute atomic E-state index is 0.0926. The van der Waals surface area contributed by atoms with E-state index in [9.17, 15) is 4.79 Å². The molecule has 2 aliphatic heterocycles. The van der Waals surface area contributed by atoms with Crippen LogP contribution in [-0.2, 0) is 4.74 Å². The van der Waals surface area contributed by atoms with Crippen molar-refractivity contribution in [3.8, 4) is 0 Å². The number of rotatable bonds is 0. The van der Waals surface area contributed by atoms with Gasteiger partial charge >= 0.3 is 0 Å². The van der Waals surface area contributed by atoms with Gasteiger partial charge in [0.2, 0.25) is 11.5 Å². The van der Waals surface area contributed by atoms with Crippen LogP contribution in [0.15, 0.2) is 18.2 Å². The quantitative estimate of drug-likeness (QED) is 0.701. The van der Waals surface area contributed by atoms with Gasteiger partial charge in [-0.25, -0.2) is 0 Å². The Labute approximate surface area is 88.4 Å². The molecule has 1 saturated heterocycles. The lowest BCUT2D eigenvalue weighted by Gasteiger charge is -2.21. The van der Waals surface area contributed by atoms with Gasteiger partial charge in [0.25, 0.3) is 0 Å². The highest BCUT2D eigenvalue weighted by Gasteiger charge is 2.48. The first kappa shape index (κ1) is 8.92. The summed E-state index contributed by atoms with van der Waals surface area (Å²) in [7, 11) is 0. The van der Waals surface area contributed by atoms with Crippen LogP contribution >= 0.6 is 0 Å². The summed E-state index contributed by atoms with van der Waals surface area (Å²) in [5.41, 5.74) is 2.10. The summed E-state index contributed by atoms with van der Waals surface area (Å²) >= 11 is 0. The van der Waals surface area contributed by atoms with Gasteiger partial charge < -0.3 is 10.1 Å². The third kappa shape index (κ3) is 1.13. The Morgan fingerprint density at radius 3 is 3.07 bits per heavy atom. The van der Waals surface area contributed by atoms with E-state index in [1.54, 1.807) is 0 Å². The second-order valence-corrected chi connectivity index (χ2v) is 4.28. The number of Topliss-reactive ketones (excluding diaryl/α,β-unsaturated/α-hetero) is 1. The predicted molar refractivity (Wildman–Crippen MR) is 57.0 cm³/mol. The summed E-state index contributed by atoms with van der Waals surface area (Å²) in [4.78, 5) is 12.1. The van der Waals surface area contributed by atoms with Gasteiger partial charge in [0.15, 0.2) is 0 Å². The number of carbonyl (C=O) groups is 1. The van der Waals surface area contributed by atoms with E-state index in [2.05, 4.69) is 5.32 Å². The molecular weight excluding hydrogens is 190 g/mol. The van der Waals surface area contributed by atoms with E-state index in [-0.39, 0.29) is 5.78 Å². The van der Waals surface area contributed by atoms with Gasteiger partial charge in [0, 0.05) is 17.7 Å². The Morgan fingerprint density at radius 1 is 1.47 bits per heavy atom. The summed E-state index contributed by atoms with van der Waals surface area (Å²) in [5.74, 6) is 0.0926. The molecule has 0 amide bonds. The van der Waals surface area contributed by atoms with Crippen molar-refractivity contribution in [3.05, 3.63) is 29.3 Å². The molecule has 3 nitrogen and oxygen atoms in total. The average Bonchev–Trinajstić information content (AvgIpc) is 2.76. The van der Waals surface area contributed by atoms with E-state index in [1.165, 1.54) is 0 Å². The number of ether oxygens (including phenoxy) is 1. The number of aryl methyl sites for hydroxylation is 1. The van der Waals surface area contributed by atoms with Crippen molar-refractivity contribution in [2.24, 2.45) is 0 Å². The first-order valence-corrected chi connectivity index (χ1v) is 5.29. The molecule has 78 valence electrons. The first-order valence-electron chi connectivity index (χ1n) is 5.29. The van der Waals surface area contributed by atoms with Crippen LogP contribution in [0.2, 0.25) is 0 Å². The molecule has 1 fully saturated rings. The van der Waals surface area contributed by atoms with Gasteiger partial charge in [-0.15, -0.1) is 0 Å². The van der Waals surface area contributed by atoms with Crippen LogP contribution in [0, 0.1) is 6.92 Å². The van der Waals surface area contributed by atoms with E-state index in [0.29, 0.717) is 6.61 Å². The number of hydrogen-bond acceptors (Lipinski definition) is 3. The van der Waals surface area contributed by atoms with E-state index in [1.807, 2.05) is 25.1 Å². The molecule has 1 unspecified atom stereocenters. The maximum absolute atomic E-state index is 12.1. The maximum Gasteiger partial charge on any atom is 0.217 e. The molecule has 15 heavy (non-hydrogen) atoms. The van der Waals surface area contributed by atoms with E-state index >= 15 is 0 Å². The molecule has 3 rings (SSSR count). The molecule has 1 aromatic rings. The summed E-state index contributed by atoms with van der Waals surface area (Å²) in [6.07, 6.45) is 1.73. The third-order valence-corrected chi connectivity index (χ3v) is 3.14. The Kier molecular flexibility index (Phi) is 1.68. The number of anilines is 1. The van der Waals surface area contributed by atoms with Crippen LogP contribution in [0.5, 0.6) is 0 Å². The molecule has 2 heterocycles. The molecule has 0 saturated carbocycles. The number of ketones is 1. The molecule has 1 spiro atoms. The zero-order valence-corrected chi connectivity index (χ0v) is 8.67. The topological polar surface area (TPSA) is 38.3 Å². The van der Waals surface area contributed by atoms with Gasteiger partial charge in [-0.2, -0.15) is 0 Å². The fourth-order valence-corrected chi connectivity index (χ4v) is 2.37. The molecule has 0 aromatic heterocycles. The lowest BCUT2D eigenvalue weighted by Crippen LogP contribution is -2.40. The number of fused-ring (bicyclic) bond motifs is 1. The number of hydrogen-bond donors (Lipinski definition) is 1. The fraction of sp³-hybridized carbons (Fsp3) is 0.417. The first-order chi connectivity index (χ1) is 7.21. The summed E-state index contributed by atoms with van der Waals surface area (Å²) in [5, 5.41) is 3.23. The molecule has 1 N–H and O–H groups in total. The normalized spacial score (nSPS) is 28.2. The zero-order valence-electron chi connectivity index (χ0n) is 8.67. The molecule has 1 atom stereocenters. The van der Waals surface area contributed by atoms with Crippen molar-refractivity contribution in [1.29, 1.82) is 0 Å². The lowest BCUT2D eigenvalue weighted by atomic mass is 10.0. The van der Waals surface area contributed by atoms with Crippen LogP contribution in [-0.4, -0.2) is 18.1 Å². The highest BCUT2D eigenvalue weighted by molar-refractivity contribution is 6.12. The monoisotopic (exact) mass is 203 g/mol. The number of carbonyl (C=O) groups excluding carboxylic acids is 1. The average molecular weight is 203 g/mol. The fourth-order valence-electron chi connectivity index (χ4n) is 2.37. The van der Waals surface area contributed by atoms with Crippen LogP contribution in [0.25, 0.3) is 0 Å². The van der Waals surface area contributed by atoms with E-state index < -0.39 is 5.72 Å². The summed E-state index contributed by atoms with van der Waals surface area (Å²) in [6, 6.07) is 5.85. The van der Waals surface area contributed by atoms with E-state index in [0.717, 1.165) is 29.7 Å². The summed E-state index contributed by atoms with van der Waals surface area (Å²) < 4.78 is 5.58. The molecule has 3 heteroatoms. The van der Waals surface area contributed by atoms with Gasteiger partial charge in [0.05, 0.1) is 6.61 Å². The van der Waals surface area contributed by atoms with Crippen LogP contribution in [0.4, 0.5) is 5.69 Å². The zero-order chi connectivity index (χ0) is 10.5. The molecular formula is C12H13NO2. The van der Waals surface area contributed by atoms with Crippen molar-refractivity contribution >= 4 is 11.5 Å². The van der Waals surface area contributed by atoms with Gasteiger partial charge in [-0.05, 0) is 31.0 Å². The van der Waals surface area contributed by atoms with Crippen molar-refractivity contribution in [2.75, 3.05) is 11.9 Å². The van der Waals surface area contributed by atoms with Crippen LogP contribution < -0.4 is 5.32 Å². The molecule has 0 radical (unpaired) electrons. The Morgan fingerprint density at radius 2 is 2.33 bits per heavy atom. The second kappa shape index (κ2) is 2.83. The Bertz CT molecular complexity index is 433. The standard InChI is InChI=1S/C12H13NO2/c1-8-3-4-9-10(7-8)13-12(11(9)14)5-2-6-15-12/h3-4,7,13H,2,5-6H2,1H3. The van der Waals surface area contributed by atoms with Gasteiger partial charge in [-0.1, -0.05) is 6.07 Å². The van der Waals surface area contributed by atoms with E-state index in [4.69, 9.17) is 4.74 Å².